The number of carbonyl (C=O) groups is 2. The van der Waals surface area contributed by atoms with E-state index in [0.717, 1.165) is 40.5 Å². The van der Waals surface area contributed by atoms with Gasteiger partial charge in [-0.15, -0.1) is 0 Å². The van der Waals surface area contributed by atoms with Gasteiger partial charge in [-0.25, -0.2) is 21.6 Å². The predicted molar refractivity (Wildman–Crippen MR) is 193 cm³/mol. The van der Waals surface area contributed by atoms with Crippen LogP contribution in [0.3, 0.4) is 0 Å². The molecule has 0 aliphatic carbocycles. The molecule has 4 aromatic carbocycles. The fourth-order valence-corrected chi connectivity index (χ4v) is 6.23. The fraction of sp³-hybridized carbons (Fsp3) is 0.184. The number of aromatic nitrogens is 1. The Hall–Kier alpha value is -5.17. The second-order valence-electron chi connectivity index (χ2n) is 12.0. The van der Waals surface area contributed by atoms with E-state index in [1.54, 1.807) is 30.5 Å². The summed E-state index contributed by atoms with van der Waals surface area (Å²) in [4.78, 5) is 28.3. The van der Waals surface area contributed by atoms with E-state index >= 15 is 0 Å². The van der Waals surface area contributed by atoms with Crippen molar-refractivity contribution in [3.63, 3.8) is 0 Å². The largest absolute Gasteiger partial charge is 0.478 e. The summed E-state index contributed by atoms with van der Waals surface area (Å²) in [6.07, 6.45) is 3.77. The number of aliphatic hydroxyl groups is 1. The van der Waals surface area contributed by atoms with Crippen LogP contribution >= 0.6 is 0 Å². The third-order valence-electron chi connectivity index (χ3n) is 7.77. The molecule has 50 heavy (non-hydrogen) atoms. The summed E-state index contributed by atoms with van der Waals surface area (Å²) >= 11 is 0. The first-order valence-corrected chi connectivity index (χ1v) is 19.1. The third-order valence-corrected chi connectivity index (χ3v) is 9.96. The minimum absolute atomic E-state index is 0.00738. The highest BCUT2D eigenvalue weighted by Gasteiger charge is 2.19. The summed E-state index contributed by atoms with van der Waals surface area (Å²) in [6.45, 7) is 5.44. The number of carboxylic acids is 1. The van der Waals surface area contributed by atoms with E-state index in [2.05, 4.69) is 10.3 Å². The molecule has 1 amide bonds. The van der Waals surface area contributed by atoms with Crippen LogP contribution in [0.25, 0.3) is 22.3 Å². The van der Waals surface area contributed by atoms with Crippen molar-refractivity contribution in [1.29, 1.82) is 0 Å². The number of rotatable bonds is 9. The highest BCUT2D eigenvalue weighted by atomic mass is 32.2. The number of sulfone groups is 2. The molecule has 0 radical (unpaired) electrons. The molecule has 12 heteroatoms. The summed E-state index contributed by atoms with van der Waals surface area (Å²) in [5.41, 5.74) is 6.59. The van der Waals surface area contributed by atoms with Crippen molar-refractivity contribution in [3.05, 3.63) is 137 Å². The van der Waals surface area contributed by atoms with Crippen molar-refractivity contribution < 1.29 is 36.6 Å². The summed E-state index contributed by atoms with van der Waals surface area (Å²) in [5, 5.41) is 21.6. The Bertz CT molecular complexity index is 2230. The summed E-state index contributed by atoms with van der Waals surface area (Å²) < 4.78 is 47.7. The molecule has 0 bridgehead atoms. The van der Waals surface area contributed by atoms with Gasteiger partial charge in [-0.3, -0.25) is 9.78 Å². The molecule has 0 aliphatic rings. The molecular formula is C38H38N2O8S2. The van der Waals surface area contributed by atoms with Crippen LogP contribution in [0.1, 0.15) is 49.1 Å². The molecule has 0 unspecified atom stereocenters. The van der Waals surface area contributed by atoms with Gasteiger partial charge in [0.05, 0.1) is 28.0 Å². The van der Waals surface area contributed by atoms with Crippen LogP contribution < -0.4 is 5.32 Å². The molecule has 0 saturated carbocycles. The lowest BCUT2D eigenvalue weighted by atomic mass is 10.0. The van der Waals surface area contributed by atoms with E-state index in [1.165, 1.54) is 24.3 Å². The molecule has 1 atom stereocenters. The Morgan fingerprint density at radius 3 is 1.52 bits per heavy atom. The van der Waals surface area contributed by atoms with Crippen LogP contribution in [0, 0.1) is 20.8 Å². The SMILES string of the molecule is Cc1ccc(-c2cc(C(=O)N[C@H](CO)c3ccc(C)nc3)cc(S(C)(=O)=O)c2)cc1.Cc1ccc(-c2cc(C(=O)O)cc(S(C)(=O)=O)c2)cc1. The van der Waals surface area contributed by atoms with Gasteiger partial charge in [0, 0.05) is 30.0 Å². The second-order valence-corrected chi connectivity index (χ2v) is 16.0. The molecule has 0 fully saturated rings. The number of aromatic carboxylic acids is 1. The number of aliphatic hydroxyl groups excluding tert-OH is 1. The monoisotopic (exact) mass is 714 g/mol. The van der Waals surface area contributed by atoms with Crippen LogP contribution in [0.15, 0.2) is 113 Å². The molecule has 3 N–H and O–H groups in total. The van der Waals surface area contributed by atoms with Crippen LogP contribution in [0.4, 0.5) is 0 Å². The van der Waals surface area contributed by atoms with Crippen LogP contribution in [0.2, 0.25) is 0 Å². The number of aryl methyl sites for hydroxylation is 3. The van der Waals surface area contributed by atoms with Crippen molar-refractivity contribution in [2.24, 2.45) is 0 Å². The Morgan fingerprint density at radius 2 is 1.12 bits per heavy atom. The average Bonchev–Trinajstić information content (AvgIpc) is 3.07. The maximum Gasteiger partial charge on any atom is 0.335 e. The minimum atomic E-state index is -3.53. The highest BCUT2D eigenvalue weighted by molar-refractivity contribution is 7.91. The Kier molecular flexibility index (Phi) is 11.7. The predicted octanol–water partition coefficient (Wildman–Crippen LogP) is 6.00. The number of amides is 1. The van der Waals surface area contributed by atoms with Crippen molar-refractivity contribution in [1.82, 2.24) is 10.3 Å². The Morgan fingerprint density at radius 1 is 0.660 bits per heavy atom. The number of hydrogen-bond acceptors (Lipinski definition) is 8. The molecule has 5 rings (SSSR count). The minimum Gasteiger partial charge on any atom is -0.478 e. The quantitative estimate of drug-likeness (QED) is 0.166. The van der Waals surface area contributed by atoms with Gasteiger partial charge in [0.2, 0.25) is 0 Å². The summed E-state index contributed by atoms with van der Waals surface area (Å²) in [5.74, 6) is -1.63. The lowest BCUT2D eigenvalue weighted by molar-refractivity contribution is 0.0696. The first-order valence-electron chi connectivity index (χ1n) is 15.4. The molecule has 260 valence electrons. The topological polar surface area (TPSA) is 168 Å². The second kappa shape index (κ2) is 15.6. The number of hydrogen-bond donors (Lipinski definition) is 3. The van der Waals surface area contributed by atoms with Gasteiger partial charge in [-0.05, 0) is 91.1 Å². The zero-order valence-electron chi connectivity index (χ0n) is 28.2. The number of carbonyl (C=O) groups excluding carboxylic acids is 1. The van der Waals surface area contributed by atoms with Gasteiger partial charge in [0.15, 0.2) is 19.7 Å². The van der Waals surface area contributed by atoms with Crippen molar-refractivity contribution in [2.45, 2.75) is 36.6 Å². The lowest BCUT2D eigenvalue weighted by Crippen LogP contribution is -2.31. The lowest BCUT2D eigenvalue weighted by Gasteiger charge is -2.17. The fourth-order valence-electron chi connectivity index (χ4n) is 4.87. The summed E-state index contributed by atoms with van der Waals surface area (Å²) in [7, 11) is -6.99. The number of benzene rings is 4. The molecule has 0 spiro atoms. The van der Waals surface area contributed by atoms with Crippen molar-refractivity contribution >= 4 is 31.6 Å². The van der Waals surface area contributed by atoms with Gasteiger partial charge in [0.1, 0.15) is 0 Å². The molecule has 1 aromatic heterocycles. The standard InChI is InChI=1S/C23H24N2O4S.C15H14O4S/c1-15-4-7-17(8-5-15)19-10-20(12-21(11-19)30(3,28)29)23(27)25-22(14-26)18-9-6-16(2)24-13-18;1-10-3-5-11(6-4-10)12-7-13(15(16)17)9-14(8-12)20(2,18)19/h4-13,22,26H,14H2,1-3H3,(H,25,27);3-9H,1-2H3,(H,16,17)/t22-;/m1./s1. The smallest absolute Gasteiger partial charge is 0.335 e. The van der Waals surface area contributed by atoms with E-state index in [0.29, 0.717) is 16.7 Å². The maximum atomic E-state index is 12.9. The van der Waals surface area contributed by atoms with Crippen LogP contribution in [-0.2, 0) is 19.7 Å². The first-order chi connectivity index (χ1) is 23.4. The van der Waals surface area contributed by atoms with E-state index in [4.69, 9.17) is 5.11 Å². The summed E-state index contributed by atoms with van der Waals surface area (Å²) in [6, 6.07) is 26.7. The van der Waals surface area contributed by atoms with Gasteiger partial charge in [0.25, 0.3) is 5.91 Å². The van der Waals surface area contributed by atoms with Crippen molar-refractivity contribution in [3.8, 4) is 22.3 Å². The molecule has 10 nitrogen and oxygen atoms in total. The average molecular weight is 715 g/mol. The zero-order valence-corrected chi connectivity index (χ0v) is 29.8. The molecule has 0 saturated heterocycles. The van der Waals surface area contributed by atoms with E-state index in [1.807, 2.05) is 69.3 Å². The number of carboxylic acid groups (broad SMARTS) is 1. The normalized spacial score (nSPS) is 12.0. The van der Waals surface area contributed by atoms with Crippen LogP contribution in [-0.4, -0.2) is 63.0 Å². The van der Waals surface area contributed by atoms with E-state index in [-0.39, 0.29) is 27.5 Å². The number of nitrogens with zero attached hydrogens (tertiary/aromatic N) is 1. The van der Waals surface area contributed by atoms with E-state index in [9.17, 15) is 31.5 Å². The van der Waals surface area contributed by atoms with Crippen LogP contribution in [0.5, 0.6) is 0 Å². The van der Waals surface area contributed by atoms with Gasteiger partial charge in [-0.2, -0.15) is 0 Å². The molecular weight excluding hydrogens is 677 g/mol. The Balaban J connectivity index is 0.000000244. The first kappa shape index (κ1) is 37.6. The number of nitrogens with one attached hydrogen (secondary N) is 1. The zero-order chi connectivity index (χ0) is 36.8. The third kappa shape index (κ3) is 9.94. The van der Waals surface area contributed by atoms with Gasteiger partial charge in [-0.1, -0.05) is 65.7 Å². The van der Waals surface area contributed by atoms with Crippen molar-refractivity contribution in [2.75, 3.05) is 19.1 Å². The van der Waals surface area contributed by atoms with E-state index < -0.39 is 37.6 Å². The van der Waals surface area contributed by atoms with Gasteiger partial charge < -0.3 is 15.5 Å². The maximum absolute atomic E-state index is 12.9. The number of pyridine rings is 1. The highest BCUT2D eigenvalue weighted by Crippen LogP contribution is 2.27. The van der Waals surface area contributed by atoms with Gasteiger partial charge >= 0.3 is 5.97 Å². The molecule has 5 aromatic rings. The molecule has 1 heterocycles. The Labute approximate surface area is 292 Å². The molecule has 0 aliphatic heterocycles.